The normalized spacial score (nSPS) is 11.5. The number of nitrogens with zero attached hydrogens (tertiary/aromatic N) is 1. The molecule has 1 aromatic heterocycles. The third kappa shape index (κ3) is 5.80. The molecule has 0 atom stereocenters. The smallest absolute Gasteiger partial charge is 0.441 e. The predicted octanol–water partition coefficient (Wildman–Crippen LogP) is 4.68. The summed E-state index contributed by atoms with van der Waals surface area (Å²) >= 11 is 5.75. The Hall–Kier alpha value is -1.67. The Morgan fingerprint density at radius 2 is 2.09 bits per heavy atom. The molecule has 23 heavy (non-hydrogen) atoms. The highest BCUT2D eigenvalue weighted by Gasteiger charge is 2.28. The maximum atomic E-state index is 11.9. The molecule has 0 spiro atoms. The molecule has 9 heteroatoms. The molecule has 0 aliphatic heterocycles. The third-order valence-electron chi connectivity index (χ3n) is 2.62. The molecule has 0 aliphatic rings. The van der Waals surface area contributed by atoms with Crippen molar-refractivity contribution in [1.29, 1.82) is 0 Å². The Bertz CT molecular complexity index is 675. The lowest BCUT2D eigenvalue weighted by molar-refractivity contribution is -0.145. The minimum Gasteiger partial charge on any atom is -0.456 e. The summed E-state index contributed by atoms with van der Waals surface area (Å²) in [5.41, 5.74) is -3.71. The molecule has 0 saturated carbocycles. The highest BCUT2D eigenvalue weighted by molar-refractivity contribution is 8.00. The molecule has 0 unspecified atom stereocenters. The van der Waals surface area contributed by atoms with E-state index < -0.39 is 17.2 Å². The fourth-order valence-corrected chi connectivity index (χ4v) is 2.36. The summed E-state index contributed by atoms with van der Waals surface area (Å²) in [5.74, 6) is -0.594. The van der Waals surface area contributed by atoms with Gasteiger partial charge in [0.05, 0.1) is 17.6 Å². The monoisotopic (exact) mass is 365 g/mol. The molecule has 0 aliphatic carbocycles. The van der Waals surface area contributed by atoms with E-state index in [4.69, 9.17) is 20.8 Å². The number of carbonyl (C=O) groups excluding carboxylic acids is 1. The molecule has 0 amide bonds. The molecule has 124 valence electrons. The maximum absolute atomic E-state index is 11.9. The second kappa shape index (κ2) is 7.74. The van der Waals surface area contributed by atoms with Gasteiger partial charge in [-0.05, 0) is 12.1 Å². The number of thioether (sulfide) groups is 1. The van der Waals surface area contributed by atoms with Crippen molar-refractivity contribution in [3.05, 3.63) is 41.4 Å². The summed E-state index contributed by atoms with van der Waals surface area (Å²) in [4.78, 5) is 15.3. The molecule has 2 rings (SSSR count). The molecule has 0 fully saturated rings. The number of benzene rings is 1. The van der Waals surface area contributed by atoms with Crippen molar-refractivity contribution in [3.8, 4) is 11.3 Å². The van der Waals surface area contributed by atoms with E-state index in [0.29, 0.717) is 16.3 Å². The molecule has 0 saturated heterocycles. The molecule has 1 heterocycles. The summed E-state index contributed by atoms with van der Waals surface area (Å²) < 4.78 is 46.0. The van der Waals surface area contributed by atoms with E-state index in [-0.39, 0.29) is 30.7 Å². The second-order valence-electron chi connectivity index (χ2n) is 4.30. The van der Waals surface area contributed by atoms with E-state index in [9.17, 15) is 18.0 Å². The fourth-order valence-electron chi connectivity index (χ4n) is 1.63. The Morgan fingerprint density at radius 1 is 1.35 bits per heavy atom. The van der Waals surface area contributed by atoms with Crippen LogP contribution in [0.25, 0.3) is 11.3 Å². The lowest BCUT2D eigenvalue weighted by atomic mass is 10.2. The van der Waals surface area contributed by atoms with Crippen LogP contribution in [0.3, 0.4) is 0 Å². The number of aromatic nitrogens is 1. The Labute approximate surface area is 139 Å². The van der Waals surface area contributed by atoms with Crippen LogP contribution in [0, 0.1) is 0 Å². The quantitative estimate of drug-likeness (QED) is 0.695. The van der Waals surface area contributed by atoms with Gasteiger partial charge in [-0.1, -0.05) is 35.5 Å². The van der Waals surface area contributed by atoms with Crippen LogP contribution in [0.1, 0.15) is 12.3 Å². The standard InChI is InChI=1S/C14H11ClF3NO3S/c15-10-4-2-1-3-9(10)11-7-19-12(22-11)8-21-13(20)5-6-23-14(16,17)18/h1-4,7H,5-6,8H2. The van der Waals surface area contributed by atoms with Gasteiger partial charge in [0.25, 0.3) is 0 Å². The van der Waals surface area contributed by atoms with Crippen LogP contribution in [0.4, 0.5) is 13.2 Å². The van der Waals surface area contributed by atoms with Gasteiger partial charge in [-0.2, -0.15) is 13.2 Å². The number of hydrogen-bond donors (Lipinski definition) is 0. The van der Waals surface area contributed by atoms with Gasteiger partial charge in [0.2, 0.25) is 5.89 Å². The molecule has 0 radical (unpaired) electrons. The number of esters is 1. The van der Waals surface area contributed by atoms with Gasteiger partial charge < -0.3 is 9.15 Å². The number of hydrogen-bond acceptors (Lipinski definition) is 5. The summed E-state index contributed by atoms with van der Waals surface area (Å²) in [5, 5.41) is 0.483. The lowest BCUT2D eigenvalue weighted by Crippen LogP contribution is -2.08. The van der Waals surface area contributed by atoms with Crippen molar-refractivity contribution in [2.45, 2.75) is 18.5 Å². The van der Waals surface area contributed by atoms with E-state index in [0.717, 1.165) is 0 Å². The van der Waals surface area contributed by atoms with Crippen LogP contribution in [-0.2, 0) is 16.1 Å². The summed E-state index contributed by atoms with van der Waals surface area (Å²) in [6.45, 7) is -0.250. The van der Waals surface area contributed by atoms with Crippen molar-refractivity contribution in [3.63, 3.8) is 0 Å². The Morgan fingerprint density at radius 3 is 2.78 bits per heavy atom. The number of alkyl halides is 3. The van der Waals surface area contributed by atoms with Crippen molar-refractivity contribution < 1.29 is 27.1 Å². The summed E-state index contributed by atoms with van der Waals surface area (Å²) in [6, 6.07) is 6.98. The van der Waals surface area contributed by atoms with E-state index >= 15 is 0 Å². The number of rotatable bonds is 6. The molecular formula is C14H11ClF3NO3S. The zero-order valence-corrected chi connectivity index (χ0v) is 13.2. The van der Waals surface area contributed by atoms with Gasteiger partial charge in [0.15, 0.2) is 12.4 Å². The van der Waals surface area contributed by atoms with Crippen LogP contribution >= 0.6 is 23.4 Å². The van der Waals surface area contributed by atoms with Crippen molar-refractivity contribution in [2.75, 3.05) is 5.75 Å². The van der Waals surface area contributed by atoms with Crippen molar-refractivity contribution in [1.82, 2.24) is 4.98 Å². The van der Waals surface area contributed by atoms with Crippen LogP contribution in [0.15, 0.2) is 34.9 Å². The molecule has 0 bridgehead atoms. The SMILES string of the molecule is O=C(CCSC(F)(F)F)OCc1ncc(-c2ccccc2Cl)o1. The molecule has 2 aromatic rings. The van der Waals surface area contributed by atoms with Gasteiger partial charge in [-0.25, -0.2) is 4.98 Å². The van der Waals surface area contributed by atoms with Gasteiger partial charge in [0, 0.05) is 11.3 Å². The second-order valence-corrected chi connectivity index (χ2v) is 5.87. The lowest BCUT2D eigenvalue weighted by Gasteiger charge is -2.05. The van der Waals surface area contributed by atoms with Gasteiger partial charge >= 0.3 is 11.5 Å². The Kier molecular flexibility index (Phi) is 5.95. The van der Waals surface area contributed by atoms with Gasteiger partial charge in [-0.3, -0.25) is 4.79 Å². The molecule has 4 nitrogen and oxygen atoms in total. The largest absolute Gasteiger partial charge is 0.456 e. The Balaban J connectivity index is 1.83. The topological polar surface area (TPSA) is 52.3 Å². The average Bonchev–Trinajstić information content (AvgIpc) is 2.93. The number of oxazole rings is 1. The van der Waals surface area contributed by atoms with Crippen LogP contribution in [0.5, 0.6) is 0 Å². The molecular weight excluding hydrogens is 355 g/mol. The molecule has 0 N–H and O–H groups in total. The van der Waals surface area contributed by atoms with Crippen LogP contribution < -0.4 is 0 Å². The summed E-state index contributed by atoms with van der Waals surface area (Å²) in [6.07, 6.45) is 1.09. The number of halogens is 4. The van der Waals surface area contributed by atoms with E-state index in [1.165, 1.54) is 6.20 Å². The number of ether oxygens (including phenoxy) is 1. The van der Waals surface area contributed by atoms with Crippen LogP contribution in [0.2, 0.25) is 5.02 Å². The van der Waals surface area contributed by atoms with E-state index in [2.05, 4.69) is 4.98 Å². The zero-order valence-electron chi connectivity index (χ0n) is 11.6. The maximum Gasteiger partial charge on any atom is 0.441 e. The predicted molar refractivity (Wildman–Crippen MR) is 79.9 cm³/mol. The summed E-state index contributed by atoms with van der Waals surface area (Å²) in [7, 11) is 0. The number of carbonyl (C=O) groups is 1. The van der Waals surface area contributed by atoms with Crippen molar-refractivity contribution in [2.24, 2.45) is 0 Å². The minimum atomic E-state index is -4.35. The van der Waals surface area contributed by atoms with Crippen molar-refractivity contribution >= 4 is 29.3 Å². The van der Waals surface area contributed by atoms with Crippen LogP contribution in [-0.4, -0.2) is 22.2 Å². The zero-order chi connectivity index (χ0) is 16.9. The highest BCUT2D eigenvalue weighted by Crippen LogP contribution is 2.30. The molecule has 1 aromatic carbocycles. The first kappa shape index (κ1) is 17.7. The van der Waals surface area contributed by atoms with Gasteiger partial charge in [-0.15, -0.1) is 0 Å². The van der Waals surface area contributed by atoms with Gasteiger partial charge in [0.1, 0.15) is 0 Å². The minimum absolute atomic E-state index is 0.136. The first-order chi connectivity index (χ1) is 10.8. The highest BCUT2D eigenvalue weighted by atomic mass is 35.5. The first-order valence-corrected chi connectivity index (χ1v) is 7.77. The van der Waals surface area contributed by atoms with E-state index in [1.54, 1.807) is 24.3 Å². The van der Waals surface area contributed by atoms with E-state index in [1.807, 2.05) is 0 Å². The average molecular weight is 366 g/mol. The first-order valence-electron chi connectivity index (χ1n) is 6.41. The fraction of sp³-hybridized carbons (Fsp3) is 0.286. The third-order valence-corrected chi connectivity index (χ3v) is 3.69.